The van der Waals surface area contributed by atoms with Crippen LogP contribution in [0.3, 0.4) is 0 Å². The minimum Gasteiger partial charge on any atom is -0.351 e. The molecular weight excluding hydrogens is 212 g/mol. The van der Waals surface area contributed by atoms with Crippen molar-refractivity contribution in [3.8, 4) is 0 Å². The van der Waals surface area contributed by atoms with Crippen molar-refractivity contribution in [2.45, 2.75) is 38.6 Å². The minimum absolute atomic E-state index is 0.576. The van der Waals surface area contributed by atoms with Gasteiger partial charge in [-0.05, 0) is 32.2 Å². The van der Waals surface area contributed by atoms with Gasteiger partial charge < -0.3 is 10.2 Å². The maximum absolute atomic E-state index is 4.42. The summed E-state index contributed by atoms with van der Waals surface area (Å²) in [7, 11) is 0. The van der Waals surface area contributed by atoms with Gasteiger partial charge in [-0.25, -0.2) is 4.98 Å². The third-order valence-electron chi connectivity index (χ3n) is 3.28. The monoisotopic (exact) mass is 234 g/mol. The van der Waals surface area contributed by atoms with E-state index < -0.39 is 0 Å². The van der Waals surface area contributed by atoms with Crippen LogP contribution in [0.15, 0.2) is 18.6 Å². The van der Waals surface area contributed by atoms with Crippen molar-refractivity contribution in [3.63, 3.8) is 0 Å². The summed E-state index contributed by atoms with van der Waals surface area (Å²) in [6.45, 7) is 5.47. The van der Waals surface area contributed by atoms with Crippen LogP contribution in [0, 0.1) is 0 Å². The fraction of sp³-hybridized carbons (Fsp3) is 0.692. The van der Waals surface area contributed by atoms with Gasteiger partial charge in [-0.2, -0.15) is 0 Å². The summed E-state index contributed by atoms with van der Waals surface area (Å²) in [6, 6.07) is 0.576. The van der Waals surface area contributed by atoms with E-state index in [1.54, 1.807) is 12.4 Å². The van der Waals surface area contributed by atoms with Crippen molar-refractivity contribution in [2.24, 2.45) is 0 Å². The van der Waals surface area contributed by atoms with Crippen LogP contribution in [0.25, 0.3) is 0 Å². The zero-order valence-electron chi connectivity index (χ0n) is 10.6. The molecule has 0 aliphatic carbocycles. The Morgan fingerprint density at radius 1 is 1.41 bits per heavy atom. The van der Waals surface area contributed by atoms with E-state index in [1.807, 2.05) is 6.20 Å². The number of rotatable bonds is 5. The molecule has 2 heterocycles. The maximum atomic E-state index is 4.42. The van der Waals surface area contributed by atoms with Crippen LogP contribution in [0.4, 0.5) is 5.82 Å². The molecule has 2 rings (SSSR count). The van der Waals surface area contributed by atoms with Crippen LogP contribution in [0.1, 0.15) is 32.6 Å². The first kappa shape index (κ1) is 12.3. The number of anilines is 1. The summed E-state index contributed by atoms with van der Waals surface area (Å²) < 4.78 is 0. The largest absolute Gasteiger partial charge is 0.351 e. The predicted molar refractivity (Wildman–Crippen MR) is 70.2 cm³/mol. The van der Waals surface area contributed by atoms with E-state index >= 15 is 0 Å². The molecule has 0 spiro atoms. The van der Waals surface area contributed by atoms with Crippen molar-refractivity contribution < 1.29 is 0 Å². The number of aromatic nitrogens is 2. The smallest absolute Gasteiger partial charge is 0.147 e. The molecule has 1 aromatic rings. The lowest BCUT2D eigenvalue weighted by molar-refractivity contribution is 0.432. The molecule has 1 unspecified atom stereocenters. The molecule has 1 aliphatic rings. The zero-order chi connectivity index (χ0) is 11.9. The van der Waals surface area contributed by atoms with Gasteiger partial charge >= 0.3 is 0 Å². The highest BCUT2D eigenvalue weighted by atomic mass is 15.2. The van der Waals surface area contributed by atoms with E-state index in [0.717, 1.165) is 25.5 Å². The van der Waals surface area contributed by atoms with Crippen molar-refractivity contribution in [2.75, 3.05) is 24.5 Å². The Kier molecular flexibility index (Phi) is 4.74. The Morgan fingerprint density at radius 2 is 2.35 bits per heavy atom. The second-order valence-electron chi connectivity index (χ2n) is 4.61. The number of hydrogen-bond donors (Lipinski definition) is 1. The summed E-state index contributed by atoms with van der Waals surface area (Å²) in [5.74, 6) is 1.02. The molecular formula is C13H22N4. The van der Waals surface area contributed by atoms with Crippen LogP contribution < -0.4 is 10.2 Å². The molecule has 1 saturated heterocycles. The van der Waals surface area contributed by atoms with Gasteiger partial charge in [0.05, 0.1) is 6.20 Å². The lowest BCUT2D eigenvalue weighted by atomic mass is 10.0. The van der Waals surface area contributed by atoms with Crippen LogP contribution in [0.5, 0.6) is 0 Å². The Labute approximate surface area is 103 Å². The van der Waals surface area contributed by atoms with E-state index in [2.05, 4.69) is 27.1 Å². The summed E-state index contributed by atoms with van der Waals surface area (Å²) in [5.41, 5.74) is 0. The summed E-state index contributed by atoms with van der Waals surface area (Å²) in [6.07, 6.45) is 10.4. The van der Waals surface area contributed by atoms with Gasteiger partial charge in [-0.1, -0.05) is 6.92 Å². The van der Waals surface area contributed by atoms with Crippen molar-refractivity contribution in [1.29, 1.82) is 0 Å². The quantitative estimate of drug-likeness (QED) is 0.789. The molecule has 0 amide bonds. The first-order valence-corrected chi connectivity index (χ1v) is 6.65. The molecule has 17 heavy (non-hydrogen) atoms. The number of piperidine rings is 1. The molecule has 4 nitrogen and oxygen atoms in total. The van der Waals surface area contributed by atoms with E-state index in [0.29, 0.717) is 6.04 Å². The highest BCUT2D eigenvalue weighted by Crippen LogP contribution is 2.21. The summed E-state index contributed by atoms with van der Waals surface area (Å²) in [4.78, 5) is 11.0. The molecule has 1 aliphatic heterocycles. The second-order valence-corrected chi connectivity index (χ2v) is 4.61. The fourth-order valence-electron chi connectivity index (χ4n) is 2.40. The van der Waals surface area contributed by atoms with Crippen molar-refractivity contribution in [1.82, 2.24) is 15.3 Å². The van der Waals surface area contributed by atoms with E-state index in [4.69, 9.17) is 0 Å². The maximum Gasteiger partial charge on any atom is 0.147 e. The van der Waals surface area contributed by atoms with Gasteiger partial charge in [-0.15, -0.1) is 0 Å². The Bertz CT molecular complexity index is 314. The van der Waals surface area contributed by atoms with Crippen molar-refractivity contribution in [3.05, 3.63) is 18.6 Å². The number of nitrogens with zero attached hydrogens (tertiary/aromatic N) is 3. The highest BCUT2D eigenvalue weighted by Gasteiger charge is 2.22. The van der Waals surface area contributed by atoms with E-state index in [1.165, 1.54) is 25.7 Å². The molecule has 1 fully saturated rings. The molecule has 0 bridgehead atoms. The molecule has 94 valence electrons. The average molecular weight is 234 g/mol. The number of nitrogens with one attached hydrogen (secondary N) is 1. The van der Waals surface area contributed by atoms with Gasteiger partial charge in [0, 0.05) is 31.5 Å². The number of hydrogen-bond acceptors (Lipinski definition) is 4. The first-order chi connectivity index (χ1) is 8.42. The third kappa shape index (κ3) is 3.40. The molecule has 0 saturated carbocycles. The topological polar surface area (TPSA) is 41.0 Å². The van der Waals surface area contributed by atoms with Crippen LogP contribution >= 0.6 is 0 Å². The minimum atomic E-state index is 0.576. The SMILES string of the molecule is CCCNCC1CCCCN1c1cnccn1. The molecule has 4 heteroatoms. The van der Waals surface area contributed by atoms with Crippen molar-refractivity contribution >= 4 is 5.82 Å². The van der Waals surface area contributed by atoms with Crippen LogP contribution in [0.2, 0.25) is 0 Å². The Balaban J connectivity index is 1.97. The zero-order valence-corrected chi connectivity index (χ0v) is 10.6. The van der Waals surface area contributed by atoms with Gasteiger partial charge in [0.1, 0.15) is 5.82 Å². The van der Waals surface area contributed by atoms with Gasteiger partial charge in [-0.3, -0.25) is 4.98 Å². The average Bonchev–Trinajstić information content (AvgIpc) is 2.41. The second kappa shape index (κ2) is 6.55. The molecule has 0 aromatic carbocycles. The summed E-state index contributed by atoms with van der Waals surface area (Å²) >= 11 is 0. The fourth-order valence-corrected chi connectivity index (χ4v) is 2.40. The summed E-state index contributed by atoms with van der Waals surface area (Å²) in [5, 5.41) is 3.51. The van der Waals surface area contributed by atoms with Gasteiger partial charge in [0.2, 0.25) is 0 Å². The predicted octanol–water partition coefficient (Wildman–Crippen LogP) is 1.84. The van der Waals surface area contributed by atoms with Crippen LogP contribution in [-0.2, 0) is 0 Å². The normalized spacial score (nSPS) is 20.5. The Morgan fingerprint density at radius 3 is 3.12 bits per heavy atom. The lowest BCUT2D eigenvalue weighted by Crippen LogP contribution is -2.46. The lowest BCUT2D eigenvalue weighted by Gasteiger charge is -2.36. The van der Waals surface area contributed by atoms with Gasteiger partial charge in [0.25, 0.3) is 0 Å². The van der Waals surface area contributed by atoms with E-state index in [9.17, 15) is 0 Å². The third-order valence-corrected chi connectivity index (χ3v) is 3.28. The van der Waals surface area contributed by atoms with E-state index in [-0.39, 0.29) is 0 Å². The Hall–Kier alpha value is -1.16. The molecule has 0 radical (unpaired) electrons. The molecule has 1 atom stereocenters. The van der Waals surface area contributed by atoms with Crippen LogP contribution in [-0.4, -0.2) is 35.6 Å². The molecule has 1 aromatic heterocycles. The highest BCUT2D eigenvalue weighted by molar-refractivity contribution is 5.37. The standard InChI is InChI=1S/C13H22N4/c1-2-6-14-10-12-5-3-4-9-17(12)13-11-15-7-8-16-13/h7-8,11-12,14H,2-6,9-10H2,1H3. The molecule has 1 N–H and O–H groups in total. The van der Waals surface area contributed by atoms with Gasteiger partial charge in [0.15, 0.2) is 0 Å². The first-order valence-electron chi connectivity index (χ1n) is 6.65.